The van der Waals surface area contributed by atoms with Gasteiger partial charge in [0.25, 0.3) is 0 Å². The van der Waals surface area contributed by atoms with Gasteiger partial charge in [-0.15, -0.1) is 0 Å². The van der Waals surface area contributed by atoms with Crippen LogP contribution >= 0.6 is 0 Å². The highest BCUT2D eigenvalue weighted by Gasteiger charge is 2.26. The van der Waals surface area contributed by atoms with Gasteiger partial charge < -0.3 is 19.8 Å². The van der Waals surface area contributed by atoms with Crippen molar-refractivity contribution in [3.8, 4) is 11.1 Å². The van der Waals surface area contributed by atoms with E-state index in [2.05, 4.69) is 16.0 Å². The molecule has 29 heavy (non-hydrogen) atoms. The third-order valence-electron chi connectivity index (χ3n) is 5.75. The first-order chi connectivity index (χ1) is 14.0. The van der Waals surface area contributed by atoms with E-state index >= 15 is 0 Å². The van der Waals surface area contributed by atoms with Crippen molar-refractivity contribution in [2.45, 2.75) is 12.8 Å². The summed E-state index contributed by atoms with van der Waals surface area (Å²) < 4.78 is 3.95. The largest absolute Gasteiger partial charge is 0.383 e. The molecule has 1 aliphatic heterocycles. The molecule has 0 saturated heterocycles. The van der Waals surface area contributed by atoms with Crippen LogP contribution in [0.1, 0.15) is 11.3 Å². The molecule has 146 valence electrons. The van der Waals surface area contributed by atoms with Gasteiger partial charge in [0, 0.05) is 50.0 Å². The molecule has 4 heterocycles. The minimum atomic E-state index is 0.126. The van der Waals surface area contributed by atoms with E-state index in [1.807, 2.05) is 64.8 Å². The van der Waals surface area contributed by atoms with Crippen LogP contribution in [0, 0.1) is 0 Å². The van der Waals surface area contributed by atoms with Crippen LogP contribution in [0.25, 0.3) is 22.2 Å². The highest BCUT2D eigenvalue weighted by atomic mass is 16.2. The lowest BCUT2D eigenvalue weighted by atomic mass is 10.0. The summed E-state index contributed by atoms with van der Waals surface area (Å²) in [4.78, 5) is 23.3. The van der Waals surface area contributed by atoms with Gasteiger partial charge in [-0.2, -0.15) is 0 Å². The molecule has 0 spiro atoms. The molecule has 0 unspecified atom stereocenters. The van der Waals surface area contributed by atoms with E-state index in [1.165, 1.54) is 11.9 Å². The van der Waals surface area contributed by atoms with Gasteiger partial charge in [0.1, 0.15) is 17.8 Å². The molecule has 4 aromatic rings. The molecule has 0 radical (unpaired) electrons. The van der Waals surface area contributed by atoms with Gasteiger partial charge in [0.2, 0.25) is 5.91 Å². The van der Waals surface area contributed by atoms with Crippen LogP contribution in [-0.4, -0.2) is 31.6 Å². The maximum absolute atomic E-state index is 12.9. The summed E-state index contributed by atoms with van der Waals surface area (Å²) in [6.07, 6.45) is 6.73. The van der Waals surface area contributed by atoms with E-state index in [0.717, 1.165) is 40.0 Å². The fourth-order valence-electron chi connectivity index (χ4n) is 4.21. The Morgan fingerprint density at radius 3 is 2.83 bits per heavy atom. The van der Waals surface area contributed by atoms with Gasteiger partial charge in [-0.3, -0.25) is 4.79 Å². The topological polar surface area (TPSA) is 82.0 Å². The Balaban J connectivity index is 1.49. The SMILES string of the molecule is Cn1cccc1CC(=O)N1CCc2cc(-c3cn(C)c4ncnc(N)c34)ccc21. The Hall–Kier alpha value is -3.61. The minimum Gasteiger partial charge on any atom is -0.383 e. The molecule has 1 aliphatic rings. The van der Waals surface area contributed by atoms with Crippen molar-refractivity contribution in [3.63, 3.8) is 0 Å². The summed E-state index contributed by atoms with van der Waals surface area (Å²) in [6, 6.07) is 10.2. The van der Waals surface area contributed by atoms with Crippen LogP contribution in [0.3, 0.4) is 0 Å². The number of carbonyl (C=O) groups excluding carboxylic acids is 1. The second-order valence-corrected chi connectivity index (χ2v) is 7.54. The molecule has 0 bridgehead atoms. The molecule has 5 rings (SSSR count). The summed E-state index contributed by atoms with van der Waals surface area (Å²) in [5.41, 5.74) is 12.2. The van der Waals surface area contributed by atoms with Gasteiger partial charge in [0.05, 0.1) is 11.8 Å². The highest BCUT2D eigenvalue weighted by Crippen LogP contribution is 2.37. The van der Waals surface area contributed by atoms with Crippen LogP contribution in [-0.2, 0) is 31.7 Å². The van der Waals surface area contributed by atoms with Gasteiger partial charge in [-0.25, -0.2) is 9.97 Å². The molecule has 0 aliphatic carbocycles. The lowest BCUT2D eigenvalue weighted by Crippen LogP contribution is -2.30. The van der Waals surface area contributed by atoms with Crippen molar-refractivity contribution in [1.82, 2.24) is 19.1 Å². The number of nitrogens with zero attached hydrogens (tertiary/aromatic N) is 5. The Labute approximate surface area is 168 Å². The van der Waals surface area contributed by atoms with E-state index in [0.29, 0.717) is 18.8 Å². The zero-order valence-corrected chi connectivity index (χ0v) is 16.5. The Bertz CT molecular complexity index is 1250. The smallest absolute Gasteiger partial charge is 0.232 e. The number of anilines is 2. The molecule has 0 atom stereocenters. The van der Waals surface area contributed by atoms with Crippen molar-refractivity contribution in [2.24, 2.45) is 14.1 Å². The highest BCUT2D eigenvalue weighted by molar-refractivity contribution is 6.02. The van der Waals surface area contributed by atoms with Crippen LogP contribution in [0.2, 0.25) is 0 Å². The van der Waals surface area contributed by atoms with Crippen molar-refractivity contribution in [3.05, 3.63) is 60.3 Å². The van der Waals surface area contributed by atoms with Gasteiger partial charge in [-0.05, 0) is 41.8 Å². The number of nitrogen functional groups attached to an aromatic ring is 1. The predicted octanol–water partition coefficient (Wildman–Crippen LogP) is 2.69. The van der Waals surface area contributed by atoms with E-state index in [9.17, 15) is 4.79 Å². The first-order valence-electron chi connectivity index (χ1n) is 9.62. The lowest BCUT2D eigenvalue weighted by Gasteiger charge is -2.18. The fourth-order valence-corrected chi connectivity index (χ4v) is 4.21. The molecule has 0 saturated carbocycles. The number of rotatable bonds is 3. The van der Waals surface area contributed by atoms with E-state index in [4.69, 9.17) is 5.73 Å². The zero-order chi connectivity index (χ0) is 20.1. The van der Waals surface area contributed by atoms with Crippen molar-refractivity contribution in [1.29, 1.82) is 0 Å². The van der Waals surface area contributed by atoms with Crippen molar-refractivity contribution in [2.75, 3.05) is 17.2 Å². The third kappa shape index (κ3) is 2.77. The summed E-state index contributed by atoms with van der Waals surface area (Å²) in [6.45, 7) is 0.711. The maximum atomic E-state index is 12.9. The van der Waals surface area contributed by atoms with Crippen LogP contribution in [0.5, 0.6) is 0 Å². The Kier molecular flexibility index (Phi) is 3.91. The van der Waals surface area contributed by atoms with Gasteiger partial charge in [-0.1, -0.05) is 6.07 Å². The number of amides is 1. The Morgan fingerprint density at radius 1 is 1.17 bits per heavy atom. The number of aromatic nitrogens is 4. The monoisotopic (exact) mass is 386 g/mol. The number of hydrogen-bond acceptors (Lipinski definition) is 4. The number of nitrogens with two attached hydrogens (primary N) is 1. The minimum absolute atomic E-state index is 0.126. The molecule has 2 N–H and O–H groups in total. The lowest BCUT2D eigenvalue weighted by molar-refractivity contribution is -0.118. The molecule has 7 nitrogen and oxygen atoms in total. The number of aryl methyl sites for hydroxylation is 2. The van der Waals surface area contributed by atoms with Gasteiger partial charge in [0.15, 0.2) is 0 Å². The number of hydrogen-bond donors (Lipinski definition) is 1. The summed E-state index contributed by atoms with van der Waals surface area (Å²) in [5.74, 6) is 0.603. The second kappa shape index (κ2) is 6.48. The van der Waals surface area contributed by atoms with E-state index in [1.54, 1.807) is 0 Å². The fraction of sp³-hybridized carbons (Fsp3) is 0.227. The first-order valence-corrected chi connectivity index (χ1v) is 9.62. The van der Waals surface area contributed by atoms with Crippen LogP contribution in [0.15, 0.2) is 49.1 Å². The number of fused-ring (bicyclic) bond motifs is 2. The summed E-state index contributed by atoms with van der Waals surface area (Å²) >= 11 is 0. The zero-order valence-electron chi connectivity index (χ0n) is 16.5. The van der Waals surface area contributed by atoms with Crippen molar-refractivity contribution >= 4 is 28.4 Å². The van der Waals surface area contributed by atoms with Crippen LogP contribution in [0.4, 0.5) is 11.5 Å². The molecular formula is C22H22N6O. The predicted molar refractivity (Wildman–Crippen MR) is 114 cm³/mol. The van der Waals surface area contributed by atoms with Gasteiger partial charge >= 0.3 is 0 Å². The number of benzene rings is 1. The maximum Gasteiger partial charge on any atom is 0.232 e. The molecule has 3 aromatic heterocycles. The second-order valence-electron chi connectivity index (χ2n) is 7.54. The Morgan fingerprint density at radius 2 is 2.03 bits per heavy atom. The average Bonchev–Trinajstić information content (AvgIpc) is 3.40. The van der Waals surface area contributed by atoms with Crippen molar-refractivity contribution < 1.29 is 4.79 Å². The van der Waals surface area contributed by atoms with E-state index in [-0.39, 0.29) is 5.91 Å². The summed E-state index contributed by atoms with van der Waals surface area (Å²) in [5, 5.41) is 0.865. The molecule has 1 amide bonds. The molecule has 0 fully saturated rings. The summed E-state index contributed by atoms with van der Waals surface area (Å²) in [7, 11) is 3.92. The quantitative estimate of drug-likeness (QED) is 0.587. The normalized spacial score (nSPS) is 13.2. The first kappa shape index (κ1) is 17.5. The molecule has 7 heteroatoms. The molecule has 1 aromatic carbocycles. The standard InChI is InChI=1S/C22H22N6O/c1-26-8-3-4-16(26)11-19(29)28-9-7-15-10-14(5-6-18(15)28)17-12-27(2)22-20(17)21(23)24-13-25-22/h3-6,8,10,12-13H,7,9,11H2,1-2H3,(H2,23,24,25). The molecular weight excluding hydrogens is 364 g/mol. The third-order valence-corrected chi connectivity index (χ3v) is 5.75. The van der Waals surface area contributed by atoms with E-state index < -0.39 is 0 Å². The average molecular weight is 386 g/mol. The number of carbonyl (C=O) groups is 1. The van der Waals surface area contributed by atoms with Crippen LogP contribution < -0.4 is 10.6 Å².